The minimum Gasteiger partial charge on any atom is -0.396 e. The largest absolute Gasteiger partial charge is 0.396 e. The molecule has 0 aliphatic rings. The summed E-state index contributed by atoms with van der Waals surface area (Å²) in [5, 5.41) is 8.81. The topological polar surface area (TPSA) is 23.5 Å². The van der Waals surface area contributed by atoms with Crippen LogP contribution < -0.4 is 4.90 Å². The van der Waals surface area contributed by atoms with Crippen LogP contribution in [0.5, 0.6) is 0 Å². The Morgan fingerprint density at radius 2 is 2.13 bits per heavy atom. The lowest BCUT2D eigenvalue weighted by Crippen LogP contribution is -2.18. The van der Waals surface area contributed by atoms with Crippen LogP contribution in [0.15, 0.2) is 24.3 Å². The number of hydrogen-bond donors (Lipinski definition) is 1. The zero-order chi connectivity index (χ0) is 11.1. The summed E-state index contributed by atoms with van der Waals surface area (Å²) in [4.78, 5) is 2.05. The second kappa shape index (κ2) is 6.10. The van der Waals surface area contributed by atoms with Crippen LogP contribution in [0.25, 0.3) is 0 Å². The van der Waals surface area contributed by atoms with Gasteiger partial charge in [0.15, 0.2) is 0 Å². The molecule has 15 heavy (non-hydrogen) atoms. The van der Waals surface area contributed by atoms with E-state index in [0.29, 0.717) is 6.54 Å². The quantitative estimate of drug-likeness (QED) is 0.736. The molecule has 0 atom stereocenters. The van der Waals surface area contributed by atoms with Crippen LogP contribution in [0.3, 0.4) is 0 Å². The molecule has 0 radical (unpaired) electrons. The molecular formula is C13H17NO. The summed E-state index contributed by atoms with van der Waals surface area (Å²) >= 11 is 0. The number of para-hydroxylation sites is 1. The van der Waals surface area contributed by atoms with Gasteiger partial charge < -0.3 is 10.0 Å². The molecule has 1 aromatic rings. The van der Waals surface area contributed by atoms with E-state index in [1.54, 1.807) is 0 Å². The first-order valence-corrected chi connectivity index (χ1v) is 5.13. The van der Waals surface area contributed by atoms with E-state index in [4.69, 9.17) is 11.5 Å². The van der Waals surface area contributed by atoms with Gasteiger partial charge in [0, 0.05) is 19.3 Å². The third kappa shape index (κ3) is 3.30. The third-order valence-corrected chi connectivity index (χ3v) is 2.34. The summed E-state index contributed by atoms with van der Waals surface area (Å²) in [6.07, 6.45) is 6.97. The first-order valence-electron chi connectivity index (χ1n) is 5.13. The molecule has 2 nitrogen and oxygen atoms in total. The predicted molar refractivity (Wildman–Crippen MR) is 64.0 cm³/mol. The van der Waals surface area contributed by atoms with Crippen LogP contribution in [0, 0.1) is 12.3 Å². The van der Waals surface area contributed by atoms with Gasteiger partial charge in [0.05, 0.1) is 6.54 Å². The minimum absolute atomic E-state index is 0.229. The van der Waals surface area contributed by atoms with Crippen molar-refractivity contribution in [3.05, 3.63) is 29.8 Å². The van der Waals surface area contributed by atoms with E-state index in [1.807, 2.05) is 24.1 Å². The fourth-order valence-corrected chi connectivity index (χ4v) is 1.59. The first-order chi connectivity index (χ1) is 7.29. The highest BCUT2D eigenvalue weighted by atomic mass is 16.2. The molecule has 2 heteroatoms. The fourth-order valence-electron chi connectivity index (χ4n) is 1.59. The van der Waals surface area contributed by atoms with Gasteiger partial charge in [-0.1, -0.05) is 24.1 Å². The van der Waals surface area contributed by atoms with Gasteiger partial charge in [0.2, 0.25) is 0 Å². The average Bonchev–Trinajstić information content (AvgIpc) is 2.27. The average molecular weight is 203 g/mol. The third-order valence-electron chi connectivity index (χ3n) is 2.34. The Morgan fingerprint density at radius 1 is 1.40 bits per heavy atom. The Kier molecular flexibility index (Phi) is 4.73. The standard InChI is InChI=1S/C13H17NO/c1-3-10-14(2)13-9-5-4-7-12(13)8-6-11-15/h1,4-5,7,9,15H,6,8,10-11H2,2H3. The molecule has 0 aliphatic heterocycles. The van der Waals surface area contributed by atoms with Gasteiger partial charge in [-0.3, -0.25) is 0 Å². The second-order valence-corrected chi connectivity index (χ2v) is 3.52. The van der Waals surface area contributed by atoms with Crippen molar-refractivity contribution < 1.29 is 5.11 Å². The smallest absolute Gasteiger partial charge is 0.0788 e. The number of anilines is 1. The summed E-state index contributed by atoms with van der Waals surface area (Å²) in [5.74, 6) is 2.63. The van der Waals surface area contributed by atoms with Crippen molar-refractivity contribution in [1.29, 1.82) is 0 Å². The molecule has 0 aliphatic carbocycles. The molecule has 0 aromatic heterocycles. The van der Waals surface area contributed by atoms with E-state index in [9.17, 15) is 0 Å². The van der Waals surface area contributed by atoms with Crippen LogP contribution in [0.1, 0.15) is 12.0 Å². The lowest BCUT2D eigenvalue weighted by molar-refractivity contribution is 0.288. The SMILES string of the molecule is C#CCN(C)c1ccccc1CCCO. The zero-order valence-corrected chi connectivity index (χ0v) is 9.11. The highest BCUT2D eigenvalue weighted by molar-refractivity contribution is 5.53. The van der Waals surface area contributed by atoms with Crippen molar-refractivity contribution in [1.82, 2.24) is 0 Å². The molecule has 1 aromatic carbocycles. The van der Waals surface area contributed by atoms with E-state index >= 15 is 0 Å². The molecule has 1 N–H and O–H groups in total. The number of rotatable bonds is 5. The van der Waals surface area contributed by atoms with Gasteiger partial charge in [-0.2, -0.15) is 0 Å². The Hall–Kier alpha value is -1.46. The summed E-state index contributed by atoms with van der Waals surface area (Å²) < 4.78 is 0. The maximum Gasteiger partial charge on any atom is 0.0788 e. The number of aliphatic hydroxyl groups excluding tert-OH is 1. The number of benzene rings is 1. The molecule has 0 saturated carbocycles. The molecule has 80 valence electrons. The highest BCUT2D eigenvalue weighted by Crippen LogP contribution is 2.20. The van der Waals surface area contributed by atoms with Gasteiger partial charge in [-0.15, -0.1) is 6.42 Å². The molecule has 0 bridgehead atoms. The van der Waals surface area contributed by atoms with Crippen molar-refractivity contribution >= 4 is 5.69 Å². The molecule has 0 fully saturated rings. The van der Waals surface area contributed by atoms with Gasteiger partial charge >= 0.3 is 0 Å². The lowest BCUT2D eigenvalue weighted by atomic mass is 10.1. The maximum atomic E-state index is 8.81. The van der Waals surface area contributed by atoms with Crippen molar-refractivity contribution in [3.8, 4) is 12.3 Å². The summed E-state index contributed by atoms with van der Waals surface area (Å²) in [6.45, 7) is 0.837. The number of nitrogens with zero attached hydrogens (tertiary/aromatic N) is 1. The van der Waals surface area contributed by atoms with Crippen molar-refractivity contribution in [3.63, 3.8) is 0 Å². The van der Waals surface area contributed by atoms with E-state index in [0.717, 1.165) is 18.5 Å². The normalized spacial score (nSPS) is 9.67. The van der Waals surface area contributed by atoms with Crippen LogP contribution in [0.2, 0.25) is 0 Å². The predicted octanol–water partition coefficient (Wildman–Crippen LogP) is 1.68. The van der Waals surface area contributed by atoms with Crippen LogP contribution in [0.4, 0.5) is 5.69 Å². The summed E-state index contributed by atoms with van der Waals surface area (Å²) in [6, 6.07) is 8.16. The Morgan fingerprint density at radius 3 is 2.80 bits per heavy atom. The lowest BCUT2D eigenvalue weighted by Gasteiger charge is -2.19. The van der Waals surface area contributed by atoms with Gasteiger partial charge in [0.25, 0.3) is 0 Å². The highest BCUT2D eigenvalue weighted by Gasteiger charge is 2.04. The molecule has 1 rings (SSSR count). The van der Waals surface area contributed by atoms with Crippen molar-refractivity contribution in [2.45, 2.75) is 12.8 Å². The molecule has 0 amide bonds. The van der Waals surface area contributed by atoms with Crippen LogP contribution in [-0.2, 0) is 6.42 Å². The van der Waals surface area contributed by atoms with Gasteiger partial charge in [-0.05, 0) is 24.5 Å². The number of terminal acetylenes is 1. The molecule has 0 spiro atoms. The van der Waals surface area contributed by atoms with E-state index in [-0.39, 0.29) is 6.61 Å². The van der Waals surface area contributed by atoms with Gasteiger partial charge in [0.1, 0.15) is 0 Å². The van der Waals surface area contributed by atoms with E-state index in [1.165, 1.54) is 5.56 Å². The Bertz CT molecular complexity index is 341. The fraction of sp³-hybridized carbons (Fsp3) is 0.385. The van der Waals surface area contributed by atoms with Gasteiger partial charge in [-0.25, -0.2) is 0 Å². The van der Waals surface area contributed by atoms with E-state index < -0.39 is 0 Å². The van der Waals surface area contributed by atoms with E-state index in [2.05, 4.69) is 18.1 Å². The number of aliphatic hydroxyl groups is 1. The Balaban J connectivity index is 2.81. The molecule has 0 unspecified atom stereocenters. The van der Waals surface area contributed by atoms with Crippen LogP contribution >= 0.6 is 0 Å². The maximum absolute atomic E-state index is 8.81. The van der Waals surface area contributed by atoms with Crippen molar-refractivity contribution in [2.24, 2.45) is 0 Å². The summed E-state index contributed by atoms with van der Waals surface area (Å²) in [7, 11) is 1.98. The van der Waals surface area contributed by atoms with Crippen molar-refractivity contribution in [2.75, 3.05) is 25.1 Å². The molecule has 0 heterocycles. The monoisotopic (exact) mass is 203 g/mol. The summed E-state index contributed by atoms with van der Waals surface area (Å²) in [5.41, 5.74) is 2.40. The number of aryl methyl sites for hydroxylation is 1. The van der Waals surface area contributed by atoms with Crippen LogP contribution in [-0.4, -0.2) is 25.3 Å². The molecular weight excluding hydrogens is 186 g/mol. The Labute approximate surface area is 91.5 Å². The first kappa shape index (κ1) is 11.6. The number of hydrogen-bond acceptors (Lipinski definition) is 2. The second-order valence-electron chi connectivity index (χ2n) is 3.52. The molecule has 0 saturated heterocycles. The zero-order valence-electron chi connectivity index (χ0n) is 9.11. The minimum atomic E-state index is 0.229.